The van der Waals surface area contributed by atoms with E-state index >= 15 is 0 Å². The van der Waals surface area contributed by atoms with Crippen LogP contribution in [0.2, 0.25) is 0 Å². The number of aliphatic imine (C=N–C) groups is 1. The molecule has 0 saturated carbocycles. The van der Waals surface area contributed by atoms with Gasteiger partial charge in [-0.2, -0.15) is 0 Å². The number of nitrogens with zero attached hydrogens (tertiary/aromatic N) is 2. The highest BCUT2D eigenvalue weighted by Gasteiger charge is 2.24. The number of hydrogen-bond acceptors (Lipinski definition) is 4. The van der Waals surface area contributed by atoms with Gasteiger partial charge in [-0.15, -0.1) is 11.8 Å². The molecule has 5 heteroatoms. The van der Waals surface area contributed by atoms with Crippen LogP contribution >= 0.6 is 11.8 Å². The molecule has 0 spiro atoms. The number of thioether (sulfide) groups is 1. The molecule has 1 aliphatic heterocycles. The van der Waals surface area contributed by atoms with Crippen molar-refractivity contribution >= 4 is 28.5 Å². The number of anilines is 1. The highest BCUT2D eigenvalue weighted by Crippen LogP contribution is 2.27. The summed E-state index contributed by atoms with van der Waals surface area (Å²) in [6.45, 7) is 0. The third kappa shape index (κ3) is 3.40. The zero-order valence-electron chi connectivity index (χ0n) is 13.1. The van der Waals surface area contributed by atoms with Crippen molar-refractivity contribution in [2.75, 3.05) is 24.7 Å². The molecule has 0 saturated heterocycles. The molecule has 0 amide bonds. The Morgan fingerprint density at radius 3 is 2.04 bits per heavy atom. The Hall–Kier alpha value is -2.27. The van der Waals surface area contributed by atoms with Gasteiger partial charge in [-0.25, -0.2) is 4.79 Å². The average molecular weight is 326 g/mol. The van der Waals surface area contributed by atoms with Gasteiger partial charge in [0.15, 0.2) is 6.04 Å². The predicted molar refractivity (Wildman–Crippen MR) is 96.6 cm³/mol. The summed E-state index contributed by atoms with van der Waals surface area (Å²) in [6, 6.07) is 15.9. The zero-order valence-corrected chi connectivity index (χ0v) is 13.9. The largest absolute Gasteiger partial charge is 0.480 e. The van der Waals surface area contributed by atoms with Crippen molar-refractivity contribution in [3.05, 3.63) is 54.1 Å². The van der Waals surface area contributed by atoms with Gasteiger partial charge in [0.1, 0.15) is 0 Å². The highest BCUT2D eigenvalue weighted by atomic mass is 32.2. The monoisotopic (exact) mass is 326 g/mol. The van der Waals surface area contributed by atoms with Gasteiger partial charge in [0.25, 0.3) is 0 Å². The lowest BCUT2D eigenvalue weighted by atomic mass is 10.0. The Balaban J connectivity index is 1.80. The van der Waals surface area contributed by atoms with Crippen LogP contribution in [-0.4, -0.2) is 42.0 Å². The van der Waals surface area contributed by atoms with E-state index < -0.39 is 12.0 Å². The topological polar surface area (TPSA) is 52.9 Å². The summed E-state index contributed by atoms with van der Waals surface area (Å²) in [5, 5.41) is 9.82. The molecule has 2 aromatic rings. The molecule has 4 nitrogen and oxygen atoms in total. The number of benzene rings is 2. The molecule has 0 radical (unpaired) electrons. The number of carbonyl (C=O) groups is 1. The van der Waals surface area contributed by atoms with E-state index in [9.17, 15) is 4.79 Å². The van der Waals surface area contributed by atoms with Crippen molar-refractivity contribution in [1.29, 1.82) is 0 Å². The van der Waals surface area contributed by atoms with Gasteiger partial charge in [-0.3, -0.25) is 4.99 Å². The second-order valence-corrected chi connectivity index (χ2v) is 6.63. The highest BCUT2D eigenvalue weighted by molar-refractivity contribution is 8.14. The quantitative estimate of drug-likeness (QED) is 0.936. The molecule has 0 bridgehead atoms. The lowest BCUT2D eigenvalue weighted by Crippen LogP contribution is -2.17. The van der Waals surface area contributed by atoms with Crippen LogP contribution < -0.4 is 4.90 Å². The van der Waals surface area contributed by atoms with Gasteiger partial charge in [0.05, 0.1) is 5.04 Å². The maximum absolute atomic E-state index is 11.0. The number of rotatable bonds is 4. The molecule has 1 atom stereocenters. The summed E-state index contributed by atoms with van der Waals surface area (Å²) in [7, 11) is 4.04. The molecule has 118 valence electrons. The van der Waals surface area contributed by atoms with Crippen LogP contribution in [0.3, 0.4) is 0 Å². The summed E-state index contributed by atoms with van der Waals surface area (Å²) >= 11 is 1.50. The molecule has 2 aromatic carbocycles. The van der Waals surface area contributed by atoms with E-state index in [0.717, 1.165) is 21.7 Å². The summed E-state index contributed by atoms with van der Waals surface area (Å²) in [6.07, 6.45) is 0. The van der Waals surface area contributed by atoms with Gasteiger partial charge in [0, 0.05) is 31.1 Å². The molecule has 1 N–H and O–H groups in total. The van der Waals surface area contributed by atoms with Crippen LogP contribution in [0.5, 0.6) is 0 Å². The van der Waals surface area contributed by atoms with Crippen LogP contribution in [0.1, 0.15) is 5.56 Å². The zero-order chi connectivity index (χ0) is 16.4. The molecule has 0 unspecified atom stereocenters. The van der Waals surface area contributed by atoms with E-state index in [1.807, 2.05) is 26.2 Å². The smallest absolute Gasteiger partial charge is 0.329 e. The molecule has 1 aliphatic rings. The van der Waals surface area contributed by atoms with Gasteiger partial charge >= 0.3 is 5.97 Å². The van der Waals surface area contributed by atoms with Crippen LogP contribution in [0.25, 0.3) is 11.1 Å². The van der Waals surface area contributed by atoms with Crippen LogP contribution in [0, 0.1) is 0 Å². The summed E-state index contributed by atoms with van der Waals surface area (Å²) in [4.78, 5) is 17.3. The fourth-order valence-corrected chi connectivity index (χ4v) is 3.45. The molecule has 0 fully saturated rings. The number of carboxylic acid groups (broad SMARTS) is 1. The second kappa shape index (κ2) is 6.46. The number of hydrogen-bond donors (Lipinski definition) is 1. The van der Waals surface area contributed by atoms with Crippen molar-refractivity contribution in [2.45, 2.75) is 6.04 Å². The first-order chi connectivity index (χ1) is 11.0. The molecule has 1 heterocycles. The fourth-order valence-electron chi connectivity index (χ4n) is 2.42. The fraction of sp³-hybridized carbons (Fsp3) is 0.222. The summed E-state index contributed by atoms with van der Waals surface area (Å²) in [5.74, 6) is -0.344. The molecule has 0 aliphatic carbocycles. The van der Waals surface area contributed by atoms with Gasteiger partial charge in [-0.1, -0.05) is 36.4 Å². The minimum atomic E-state index is -0.856. The molecular weight excluding hydrogens is 308 g/mol. The van der Waals surface area contributed by atoms with Crippen molar-refractivity contribution < 1.29 is 9.90 Å². The van der Waals surface area contributed by atoms with Gasteiger partial charge < -0.3 is 10.0 Å². The molecule has 3 rings (SSSR count). The van der Waals surface area contributed by atoms with E-state index in [0.29, 0.717) is 5.75 Å². The minimum absolute atomic E-state index is 0.512. The first-order valence-electron chi connectivity index (χ1n) is 7.36. The van der Waals surface area contributed by atoms with E-state index in [-0.39, 0.29) is 0 Å². The molecule has 23 heavy (non-hydrogen) atoms. The van der Waals surface area contributed by atoms with Crippen LogP contribution in [0.15, 0.2) is 53.5 Å². The lowest BCUT2D eigenvalue weighted by molar-refractivity contribution is -0.137. The van der Waals surface area contributed by atoms with Crippen molar-refractivity contribution in [3.8, 4) is 11.1 Å². The van der Waals surface area contributed by atoms with Gasteiger partial charge in [0.2, 0.25) is 0 Å². The first-order valence-corrected chi connectivity index (χ1v) is 8.35. The van der Waals surface area contributed by atoms with Crippen molar-refractivity contribution in [2.24, 2.45) is 4.99 Å². The SMILES string of the molecule is CN(C)c1ccc(-c2ccc(C3=N[C@@H](C(=O)O)CS3)cc2)cc1. The lowest BCUT2D eigenvalue weighted by Gasteiger charge is -2.12. The van der Waals surface area contributed by atoms with E-state index in [2.05, 4.69) is 46.3 Å². The number of aliphatic carboxylic acids is 1. The Labute approximate surface area is 139 Å². The second-order valence-electron chi connectivity index (χ2n) is 5.62. The predicted octanol–water partition coefficient (Wildman–Crippen LogP) is 3.37. The van der Waals surface area contributed by atoms with E-state index in [1.54, 1.807) is 0 Å². The van der Waals surface area contributed by atoms with Gasteiger partial charge in [-0.05, 0) is 23.3 Å². The summed E-state index contributed by atoms with van der Waals surface area (Å²) in [5.41, 5.74) is 4.44. The Morgan fingerprint density at radius 2 is 1.57 bits per heavy atom. The average Bonchev–Trinajstić information content (AvgIpc) is 3.05. The Bertz CT molecular complexity index is 737. The van der Waals surface area contributed by atoms with E-state index in [4.69, 9.17) is 5.11 Å². The Morgan fingerprint density at radius 1 is 1.04 bits per heavy atom. The standard InChI is InChI=1S/C18H18N2O2S/c1-20(2)15-9-7-13(8-10-15)12-3-5-14(6-4-12)17-19-16(11-23-17)18(21)22/h3-10,16H,11H2,1-2H3,(H,21,22)/t16-/m1/s1. The third-order valence-electron chi connectivity index (χ3n) is 3.78. The normalized spacial score (nSPS) is 17.0. The molecular formula is C18H18N2O2S. The Kier molecular flexibility index (Phi) is 4.39. The maximum atomic E-state index is 11.0. The summed E-state index contributed by atoms with van der Waals surface area (Å²) < 4.78 is 0. The maximum Gasteiger partial charge on any atom is 0.329 e. The van der Waals surface area contributed by atoms with E-state index in [1.165, 1.54) is 17.4 Å². The van der Waals surface area contributed by atoms with Crippen molar-refractivity contribution in [1.82, 2.24) is 0 Å². The first kappa shape index (κ1) is 15.6. The van der Waals surface area contributed by atoms with Crippen LogP contribution in [0.4, 0.5) is 5.69 Å². The molecule has 0 aromatic heterocycles. The van der Waals surface area contributed by atoms with Crippen molar-refractivity contribution in [3.63, 3.8) is 0 Å². The number of carboxylic acids is 1. The minimum Gasteiger partial charge on any atom is -0.480 e. The third-order valence-corrected chi connectivity index (χ3v) is 4.88. The van der Waals surface area contributed by atoms with Crippen LogP contribution in [-0.2, 0) is 4.79 Å².